The lowest BCUT2D eigenvalue weighted by atomic mass is 9.50. The molecule has 0 aromatic heterocycles. The summed E-state index contributed by atoms with van der Waals surface area (Å²) in [4.78, 5) is 13.0. The Morgan fingerprint density at radius 1 is 1.08 bits per heavy atom. The molecule has 36 heavy (non-hydrogen) atoms. The standard InChI is InChI=1S/C32H40O4/c1-31-20-25(11-7-4-8-18-36-21-23-9-5-3-6-10-23)30-27-13-12-26(35-2)19-24(27)16-17-32(30,22-33)28(31)14-15-29(31)34/h3,5-6,9-10,12-13,19,22,28-29,34H,4,7-8,11,14-18,20-21H2,1-2H3/t28-,29+,31+,32?/m1/s1. The maximum absolute atomic E-state index is 13.0. The zero-order valence-corrected chi connectivity index (χ0v) is 21.8. The number of unbranched alkanes of at least 4 members (excludes halogenated alkanes) is 2. The molecule has 0 spiro atoms. The highest BCUT2D eigenvalue weighted by Gasteiger charge is 2.60. The van der Waals surface area contributed by atoms with Crippen LogP contribution >= 0.6 is 0 Å². The number of rotatable bonds is 10. The Kier molecular flexibility index (Phi) is 7.37. The molecule has 0 aliphatic heterocycles. The Morgan fingerprint density at radius 2 is 1.92 bits per heavy atom. The summed E-state index contributed by atoms with van der Waals surface area (Å²) in [5.74, 6) is 1.08. The molecule has 2 aromatic carbocycles. The molecule has 1 fully saturated rings. The van der Waals surface area contributed by atoms with Crippen molar-refractivity contribution in [3.63, 3.8) is 0 Å². The van der Waals surface area contributed by atoms with Crippen molar-refractivity contribution < 1.29 is 19.4 Å². The van der Waals surface area contributed by atoms with E-state index in [1.165, 1.54) is 34.1 Å². The maximum Gasteiger partial charge on any atom is 0.130 e. The number of aliphatic hydroxyl groups is 1. The summed E-state index contributed by atoms with van der Waals surface area (Å²) in [7, 11) is 1.71. The summed E-state index contributed by atoms with van der Waals surface area (Å²) in [6.07, 6.45) is 9.42. The molecule has 4 atom stereocenters. The third kappa shape index (κ3) is 4.43. The van der Waals surface area contributed by atoms with Gasteiger partial charge >= 0.3 is 0 Å². The molecule has 0 bridgehead atoms. The molecule has 1 unspecified atom stereocenters. The Bertz CT molecular complexity index is 1110. The second-order valence-corrected chi connectivity index (χ2v) is 11.3. The van der Waals surface area contributed by atoms with E-state index in [0.717, 1.165) is 70.1 Å². The van der Waals surface area contributed by atoms with Gasteiger partial charge in [0.15, 0.2) is 0 Å². The van der Waals surface area contributed by atoms with Crippen molar-refractivity contribution in [3.8, 4) is 5.75 Å². The number of aliphatic hydroxyl groups excluding tert-OH is 1. The van der Waals surface area contributed by atoms with Gasteiger partial charge in [0.25, 0.3) is 0 Å². The Hall–Kier alpha value is -2.43. The number of aryl methyl sites for hydroxylation is 1. The first-order valence-electron chi connectivity index (χ1n) is 13.7. The zero-order valence-electron chi connectivity index (χ0n) is 21.8. The van der Waals surface area contributed by atoms with Crippen molar-refractivity contribution in [1.29, 1.82) is 0 Å². The fourth-order valence-electron chi connectivity index (χ4n) is 7.48. The minimum atomic E-state index is -0.486. The molecule has 3 aliphatic rings. The molecule has 2 aromatic rings. The maximum atomic E-state index is 13.0. The number of benzene rings is 2. The van der Waals surface area contributed by atoms with Gasteiger partial charge < -0.3 is 19.4 Å². The molecular formula is C32H40O4. The fraction of sp³-hybridized carbons (Fsp3) is 0.531. The van der Waals surface area contributed by atoms with Crippen LogP contribution in [-0.4, -0.2) is 31.2 Å². The number of hydrogen-bond acceptors (Lipinski definition) is 4. The van der Waals surface area contributed by atoms with Crippen LogP contribution in [0, 0.1) is 16.7 Å². The molecule has 0 saturated heterocycles. The van der Waals surface area contributed by atoms with Crippen LogP contribution in [0.2, 0.25) is 0 Å². The molecule has 0 radical (unpaired) electrons. The van der Waals surface area contributed by atoms with Gasteiger partial charge in [-0.2, -0.15) is 0 Å². The number of ether oxygens (including phenoxy) is 2. The van der Waals surface area contributed by atoms with E-state index in [-0.39, 0.29) is 17.4 Å². The summed E-state index contributed by atoms with van der Waals surface area (Å²) >= 11 is 0. The normalized spacial score (nSPS) is 28.9. The number of allylic oxidation sites excluding steroid dienone is 2. The average molecular weight is 489 g/mol. The van der Waals surface area contributed by atoms with Crippen molar-refractivity contribution in [3.05, 3.63) is 70.8 Å². The molecule has 4 nitrogen and oxygen atoms in total. The van der Waals surface area contributed by atoms with E-state index in [2.05, 4.69) is 31.2 Å². The summed E-state index contributed by atoms with van der Waals surface area (Å²) < 4.78 is 11.4. The minimum Gasteiger partial charge on any atom is -0.497 e. The third-order valence-corrected chi connectivity index (χ3v) is 9.30. The second-order valence-electron chi connectivity index (χ2n) is 11.3. The number of carbonyl (C=O) groups excluding carboxylic acids is 1. The number of aldehydes is 1. The summed E-state index contributed by atoms with van der Waals surface area (Å²) in [6, 6.07) is 16.7. The van der Waals surface area contributed by atoms with E-state index in [1.54, 1.807) is 7.11 Å². The lowest BCUT2D eigenvalue weighted by Crippen LogP contribution is -2.49. The topological polar surface area (TPSA) is 55.8 Å². The highest BCUT2D eigenvalue weighted by Crippen LogP contribution is 2.66. The van der Waals surface area contributed by atoms with Crippen LogP contribution < -0.4 is 4.74 Å². The van der Waals surface area contributed by atoms with Crippen molar-refractivity contribution in [1.82, 2.24) is 0 Å². The summed E-state index contributed by atoms with van der Waals surface area (Å²) in [5.41, 5.74) is 5.69. The Balaban J connectivity index is 1.35. The number of carbonyl (C=O) groups is 1. The number of methoxy groups -OCH3 is 1. The van der Waals surface area contributed by atoms with Crippen LogP contribution in [0.4, 0.5) is 0 Å². The highest BCUT2D eigenvalue weighted by atomic mass is 16.5. The van der Waals surface area contributed by atoms with Gasteiger partial charge in [-0.15, -0.1) is 0 Å². The van der Waals surface area contributed by atoms with Gasteiger partial charge in [0.05, 0.1) is 25.2 Å². The van der Waals surface area contributed by atoms with Crippen molar-refractivity contribution >= 4 is 11.9 Å². The van der Waals surface area contributed by atoms with Crippen LogP contribution in [0.1, 0.15) is 75.0 Å². The van der Waals surface area contributed by atoms with E-state index in [4.69, 9.17) is 9.47 Å². The summed E-state index contributed by atoms with van der Waals surface area (Å²) in [6.45, 7) is 3.66. The first-order valence-corrected chi connectivity index (χ1v) is 13.7. The van der Waals surface area contributed by atoms with E-state index in [0.29, 0.717) is 6.61 Å². The van der Waals surface area contributed by atoms with Gasteiger partial charge in [0.2, 0.25) is 0 Å². The monoisotopic (exact) mass is 488 g/mol. The summed E-state index contributed by atoms with van der Waals surface area (Å²) in [5, 5.41) is 11.1. The third-order valence-electron chi connectivity index (χ3n) is 9.30. The predicted molar refractivity (Wildman–Crippen MR) is 143 cm³/mol. The molecule has 3 aliphatic carbocycles. The number of hydrogen-bond donors (Lipinski definition) is 1. The lowest BCUT2D eigenvalue weighted by molar-refractivity contribution is -0.120. The largest absolute Gasteiger partial charge is 0.497 e. The van der Waals surface area contributed by atoms with Crippen LogP contribution in [0.25, 0.3) is 5.57 Å². The van der Waals surface area contributed by atoms with Gasteiger partial charge in [0, 0.05) is 12.0 Å². The van der Waals surface area contributed by atoms with E-state index in [1.807, 2.05) is 24.3 Å². The van der Waals surface area contributed by atoms with Crippen LogP contribution in [0.15, 0.2) is 54.1 Å². The molecule has 0 heterocycles. The van der Waals surface area contributed by atoms with E-state index >= 15 is 0 Å². The quantitative estimate of drug-likeness (QED) is 0.305. The molecule has 192 valence electrons. The lowest BCUT2D eigenvalue weighted by Gasteiger charge is -2.53. The van der Waals surface area contributed by atoms with Gasteiger partial charge in [-0.25, -0.2) is 0 Å². The van der Waals surface area contributed by atoms with Gasteiger partial charge in [0.1, 0.15) is 12.0 Å². The van der Waals surface area contributed by atoms with Crippen LogP contribution in [0.5, 0.6) is 5.75 Å². The van der Waals surface area contributed by atoms with Crippen LogP contribution in [-0.2, 0) is 22.6 Å². The molecule has 5 rings (SSSR count). The molecular weight excluding hydrogens is 448 g/mol. The zero-order chi connectivity index (χ0) is 25.2. The minimum absolute atomic E-state index is 0.206. The molecule has 0 amide bonds. The molecule has 4 heteroatoms. The van der Waals surface area contributed by atoms with Crippen molar-refractivity contribution in [2.75, 3.05) is 13.7 Å². The predicted octanol–water partition coefficient (Wildman–Crippen LogP) is 6.54. The average Bonchev–Trinajstić information content (AvgIpc) is 3.22. The van der Waals surface area contributed by atoms with Gasteiger partial charge in [-0.05, 0) is 91.7 Å². The first kappa shape index (κ1) is 25.2. The van der Waals surface area contributed by atoms with Crippen molar-refractivity contribution in [2.24, 2.45) is 16.7 Å². The second kappa shape index (κ2) is 10.5. The molecule has 1 saturated carbocycles. The highest BCUT2D eigenvalue weighted by molar-refractivity contribution is 5.91. The molecule has 1 N–H and O–H groups in total. The first-order chi connectivity index (χ1) is 17.5. The van der Waals surface area contributed by atoms with Crippen LogP contribution in [0.3, 0.4) is 0 Å². The fourth-order valence-corrected chi connectivity index (χ4v) is 7.48. The number of fused-ring (bicyclic) bond motifs is 5. The Morgan fingerprint density at radius 3 is 2.69 bits per heavy atom. The van der Waals surface area contributed by atoms with E-state index < -0.39 is 5.41 Å². The Labute approximate surface area is 215 Å². The van der Waals surface area contributed by atoms with E-state index in [9.17, 15) is 9.90 Å². The van der Waals surface area contributed by atoms with Gasteiger partial charge in [-0.3, -0.25) is 0 Å². The van der Waals surface area contributed by atoms with Crippen molar-refractivity contribution in [2.45, 2.75) is 77.4 Å². The SMILES string of the molecule is COc1ccc2c(c1)CCC1(C=O)C2=C(CCCCCOCc2ccccc2)C[C@]2(C)[C@@H](O)CC[C@@H]12. The van der Waals surface area contributed by atoms with Gasteiger partial charge in [-0.1, -0.05) is 55.3 Å². The smallest absolute Gasteiger partial charge is 0.130 e.